The zero-order valence-corrected chi connectivity index (χ0v) is 15.1. The zero-order chi connectivity index (χ0) is 20.0. The van der Waals surface area contributed by atoms with Crippen molar-refractivity contribution >= 4 is 5.90 Å². The first-order chi connectivity index (χ1) is 13.5. The fraction of sp³-hybridized carbons (Fsp3) is 0.273. The normalized spacial score (nSPS) is 32.4. The Morgan fingerprint density at radius 3 is 1.89 bits per heavy atom. The smallest absolute Gasteiger partial charge is 0.219 e. The third kappa shape index (κ3) is 1.94. The summed E-state index contributed by atoms with van der Waals surface area (Å²) in [6, 6.07) is 24.2. The summed E-state index contributed by atoms with van der Waals surface area (Å²) in [5, 5.41) is 39.3. The van der Waals surface area contributed by atoms with E-state index in [9.17, 15) is 15.8 Å². The van der Waals surface area contributed by atoms with Crippen molar-refractivity contribution < 1.29 is 9.47 Å². The van der Waals surface area contributed by atoms with Gasteiger partial charge in [0.25, 0.3) is 0 Å². The number of benzene rings is 2. The Balaban J connectivity index is 2.05. The molecule has 136 valence electrons. The van der Waals surface area contributed by atoms with E-state index in [1.54, 1.807) is 55.5 Å². The molecule has 3 heterocycles. The minimum absolute atomic E-state index is 0.409. The lowest BCUT2D eigenvalue weighted by molar-refractivity contribution is -0.323. The molecule has 5 rings (SSSR count). The number of nitrogens with zero attached hydrogens (tertiary/aromatic N) is 3. The van der Waals surface area contributed by atoms with Gasteiger partial charge in [-0.15, -0.1) is 0 Å². The summed E-state index contributed by atoms with van der Waals surface area (Å²) in [4.78, 5) is 0. The molecule has 6 heteroatoms. The van der Waals surface area contributed by atoms with Gasteiger partial charge in [0.05, 0.1) is 24.1 Å². The molecule has 28 heavy (non-hydrogen) atoms. The molecular weight excluding hydrogens is 352 g/mol. The molecule has 4 atom stereocenters. The second kappa shape index (κ2) is 5.92. The number of fused-ring (bicyclic) bond motifs is 3. The maximum atomic E-state index is 10.3. The van der Waals surface area contributed by atoms with E-state index in [4.69, 9.17) is 14.9 Å². The first-order valence-electron chi connectivity index (χ1n) is 8.78. The van der Waals surface area contributed by atoms with E-state index in [1.807, 2.05) is 12.1 Å². The Kier molecular flexibility index (Phi) is 3.75. The second-order valence-electron chi connectivity index (χ2n) is 7.15. The molecule has 3 fully saturated rings. The molecule has 1 N–H and O–H groups in total. The van der Waals surface area contributed by atoms with E-state index < -0.39 is 34.5 Å². The lowest BCUT2D eigenvalue weighted by Crippen LogP contribution is -2.70. The SMILES string of the molecule is CC12OC(=N)C(C#N)(C(c3ccccc3)O1)C(C#N)(C#N)C2c1ccccc1. The van der Waals surface area contributed by atoms with Crippen LogP contribution in [-0.4, -0.2) is 11.7 Å². The van der Waals surface area contributed by atoms with Crippen LogP contribution in [0.15, 0.2) is 60.7 Å². The topological polar surface area (TPSA) is 114 Å². The summed E-state index contributed by atoms with van der Waals surface area (Å²) in [6.45, 7) is 1.62. The number of ether oxygens (including phenoxy) is 2. The van der Waals surface area contributed by atoms with Crippen molar-refractivity contribution in [1.82, 2.24) is 0 Å². The van der Waals surface area contributed by atoms with Crippen LogP contribution in [0.3, 0.4) is 0 Å². The second-order valence-corrected chi connectivity index (χ2v) is 7.15. The Hall–Kier alpha value is -3.66. The van der Waals surface area contributed by atoms with E-state index in [2.05, 4.69) is 18.2 Å². The maximum Gasteiger partial charge on any atom is 0.219 e. The Morgan fingerprint density at radius 2 is 1.39 bits per heavy atom. The monoisotopic (exact) mass is 368 g/mol. The molecule has 0 spiro atoms. The minimum atomic E-state index is -1.91. The first-order valence-corrected chi connectivity index (χ1v) is 8.78. The zero-order valence-electron chi connectivity index (χ0n) is 15.1. The van der Waals surface area contributed by atoms with Crippen LogP contribution in [0.4, 0.5) is 0 Å². The van der Waals surface area contributed by atoms with Crippen LogP contribution in [0, 0.1) is 50.2 Å². The van der Waals surface area contributed by atoms with Crippen molar-refractivity contribution in [1.29, 1.82) is 21.2 Å². The summed E-state index contributed by atoms with van der Waals surface area (Å²) >= 11 is 0. The molecule has 0 aromatic heterocycles. The van der Waals surface area contributed by atoms with Gasteiger partial charge in [0.15, 0.2) is 10.8 Å². The Bertz CT molecular complexity index is 1050. The van der Waals surface area contributed by atoms with Gasteiger partial charge in [-0.2, -0.15) is 15.8 Å². The van der Waals surface area contributed by atoms with Gasteiger partial charge in [-0.1, -0.05) is 60.7 Å². The van der Waals surface area contributed by atoms with Gasteiger partial charge in [-0.3, -0.25) is 5.41 Å². The molecule has 2 aromatic carbocycles. The Morgan fingerprint density at radius 1 is 0.857 bits per heavy atom. The molecule has 4 unspecified atom stereocenters. The van der Waals surface area contributed by atoms with Crippen LogP contribution < -0.4 is 0 Å². The maximum absolute atomic E-state index is 10.3. The van der Waals surface area contributed by atoms with Crippen LogP contribution in [0.1, 0.15) is 30.1 Å². The van der Waals surface area contributed by atoms with Gasteiger partial charge < -0.3 is 9.47 Å². The van der Waals surface area contributed by atoms with E-state index in [1.165, 1.54) is 0 Å². The average molecular weight is 368 g/mol. The molecule has 0 aliphatic carbocycles. The molecule has 2 aromatic rings. The van der Waals surface area contributed by atoms with Crippen LogP contribution in [-0.2, 0) is 9.47 Å². The molecule has 3 aliphatic rings. The van der Waals surface area contributed by atoms with E-state index in [0.29, 0.717) is 11.1 Å². The van der Waals surface area contributed by atoms with Crippen LogP contribution in [0.5, 0.6) is 0 Å². The van der Waals surface area contributed by atoms with Gasteiger partial charge in [0, 0.05) is 6.92 Å². The summed E-state index contributed by atoms with van der Waals surface area (Å²) in [6.07, 6.45) is -0.982. The van der Waals surface area contributed by atoms with Crippen LogP contribution in [0.25, 0.3) is 0 Å². The van der Waals surface area contributed by atoms with E-state index in [0.717, 1.165) is 0 Å². The predicted molar refractivity (Wildman–Crippen MR) is 98.4 cm³/mol. The molecule has 3 aliphatic heterocycles. The first kappa shape index (κ1) is 17.7. The third-order valence-corrected chi connectivity index (χ3v) is 5.75. The number of rotatable bonds is 2. The highest BCUT2D eigenvalue weighted by Crippen LogP contribution is 2.69. The van der Waals surface area contributed by atoms with Crippen molar-refractivity contribution in [2.24, 2.45) is 10.8 Å². The van der Waals surface area contributed by atoms with Gasteiger partial charge >= 0.3 is 0 Å². The average Bonchev–Trinajstić information content (AvgIpc) is 2.73. The Labute approximate surface area is 162 Å². The highest BCUT2D eigenvalue weighted by molar-refractivity contribution is 5.89. The molecule has 2 bridgehead atoms. The predicted octanol–water partition coefficient (Wildman–Crippen LogP) is 3.81. The lowest BCUT2D eigenvalue weighted by atomic mass is 9.49. The fourth-order valence-corrected chi connectivity index (χ4v) is 4.55. The highest BCUT2D eigenvalue weighted by atomic mass is 16.7. The molecule has 0 radical (unpaired) electrons. The standard InChI is InChI=1S/C22H16N4O2/c1-20-17(15-8-4-2-5-9-15)21(12-23,13-24)22(14-25,19(26)28-20)18(27-20)16-10-6-3-7-11-16/h2-11,17-18,26H,1H3. The highest BCUT2D eigenvalue weighted by Gasteiger charge is 2.79. The van der Waals surface area contributed by atoms with E-state index >= 15 is 0 Å². The summed E-state index contributed by atoms with van der Waals surface area (Å²) < 4.78 is 12.0. The van der Waals surface area contributed by atoms with Gasteiger partial charge in [0.1, 0.15) is 6.10 Å². The molecule has 6 nitrogen and oxygen atoms in total. The molecule has 0 amide bonds. The molecular formula is C22H16N4O2. The van der Waals surface area contributed by atoms with Gasteiger partial charge in [-0.05, 0) is 11.1 Å². The molecule has 0 saturated carbocycles. The van der Waals surface area contributed by atoms with Crippen molar-refractivity contribution in [2.75, 3.05) is 0 Å². The van der Waals surface area contributed by atoms with Gasteiger partial charge in [0.2, 0.25) is 11.7 Å². The largest absolute Gasteiger partial charge is 0.447 e. The molecule has 3 saturated heterocycles. The third-order valence-electron chi connectivity index (χ3n) is 5.75. The fourth-order valence-electron chi connectivity index (χ4n) is 4.55. The number of hydrogen-bond donors (Lipinski definition) is 1. The van der Waals surface area contributed by atoms with Gasteiger partial charge in [-0.25, -0.2) is 0 Å². The number of nitriles is 3. The number of hydrogen-bond acceptors (Lipinski definition) is 6. The van der Waals surface area contributed by atoms with Crippen LogP contribution >= 0.6 is 0 Å². The quantitative estimate of drug-likeness (QED) is 0.866. The minimum Gasteiger partial charge on any atom is -0.447 e. The number of nitrogens with one attached hydrogen (secondary N) is 1. The van der Waals surface area contributed by atoms with Crippen molar-refractivity contribution in [2.45, 2.75) is 24.7 Å². The van der Waals surface area contributed by atoms with E-state index in [-0.39, 0.29) is 0 Å². The lowest BCUT2D eigenvalue weighted by Gasteiger charge is -2.61. The summed E-state index contributed by atoms with van der Waals surface area (Å²) in [5.74, 6) is -2.74. The van der Waals surface area contributed by atoms with Crippen LogP contribution in [0.2, 0.25) is 0 Å². The van der Waals surface area contributed by atoms with Crippen molar-refractivity contribution in [3.63, 3.8) is 0 Å². The summed E-state index contributed by atoms with van der Waals surface area (Å²) in [5.41, 5.74) is -2.52. The van der Waals surface area contributed by atoms with Crippen molar-refractivity contribution in [3.05, 3.63) is 71.8 Å². The van der Waals surface area contributed by atoms with Crippen molar-refractivity contribution in [3.8, 4) is 18.2 Å². The summed E-state index contributed by atoms with van der Waals surface area (Å²) in [7, 11) is 0.